The van der Waals surface area contributed by atoms with Crippen LogP contribution < -0.4 is 5.32 Å². The largest absolute Gasteiger partial charge is 0.382 e. The Labute approximate surface area is 119 Å². The maximum atomic E-state index is 6.21. The van der Waals surface area contributed by atoms with E-state index in [4.69, 9.17) is 9.47 Å². The van der Waals surface area contributed by atoms with Crippen LogP contribution in [0.3, 0.4) is 0 Å². The smallest absolute Gasteiger partial charge is 0.0807 e. The van der Waals surface area contributed by atoms with Crippen molar-refractivity contribution >= 4 is 0 Å². The van der Waals surface area contributed by atoms with Gasteiger partial charge >= 0.3 is 0 Å². The third-order valence-electron chi connectivity index (χ3n) is 4.23. The topological polar surface area (TPSA) is 30.5 Å². The van der Waals surface area contributed by atoms with Gasteiger partial charge in [-0.05, 0) is 52.4 Å². The first kappa shape index (κ1) is 16.9. The molecule has 1 saturated carbocycles. The van der Waals surface area contributed by atoms with E-state index in [0.717, 1.165) is 12.5 Å². The van der Waals surface area contributed by atoms with Crippen LogP contribution in [0.15, 0.2) is 0 Å². The van der Waals surface area contributed by atoms with Crippen molar-refractivity contribution in [3.05, 3.63) is 0 Å². The predicted molar refractivity (Wildman–Crippen MR) is 80.6 cm³/mol. The third-order valence-corrected chi connectivity index (χ3v) is 4.23. The fourth-order valence-corrected chi connectivity index (χ4v) is 2.75. The fraction of sp³-hybridized carbons (Fsp3) is 1.00. The van der Waals surface area contributed by atoms with Crippen molar-refractivity contribution in [1.82, 2.24) is 5.32 Å². The Hall–Kier alpha value is -0.120. The summed E-state index contributed by atoms with van der Waals surface area (Å²) in [6, 6.07) is 0. The van der Waals surface area contributed by atoms with Crippen LogP contribution in [0.25, 0.3) is 0 Å². The number of rotatable bonds is 7. The molecule has 0 aliphatic heterocycles. The highest BCUT2D eigenvalue weighted by Gasteiger charge is 2.36. The van der Waals surface area contributed by atoms with Crippen molar-refractivity contribution in [2.75, 3.05) is 26.9 Å². The zero-order chi connectivity index (χ0) is 14.4. The van der Waals surface area contributed by atoms with E-state index >= 15 is 0 Å². The molecule has 0 atom stereocenters. The number of hydrogen-bond donors (Lipinski definition) is 1. The van der Waals surface area contributed by atoms with E-state index in [0.29, 0.717) is 13.2 Å². The number of hydrogen-bond acceptors (Lipinski definition) is 3. The lowest BCUT2D eigenvalue weighted by Crippen LogP contribution is -2.51. The van der Waals surface area contributed by atoms with Crippen molar-refractivity contribution in [2.24, 2.45) is 5.92 Å². The predicted octanol–water partition coefficient (Wildman–Crippen LogP) is 3.38. The molecule has 1 rings (SSSR count). The molecule has 0 amide bonds. The summed E-state index contributed by atoms with van der Waals surface area (Å²) >= 11 is 0. The van der Waals surface area contributed by atoms with Crippen LogP contribution in [0.2, 0.25) is 0 Å². The van der Waals surface area contributed by atoms with Crippen molar-refractivity contribution < 1.29 is 9.47 Å². The Morgan fingerprint density at radius 2 is 1.79 bits per heavy atom. The summed E-state index contributed by atoms with van der Waals surface area (Å²) in [7, 11) is 1.73. The Balaban J connectivity index is 2.53. The second kappa shape index (κ2) is 7.61. The van der Waals surface area contributed by atoms with Gasteiger partial charge in [-0.2, -0.15) is 0 Å². The first-order valence-electron chi connectivity index (χ1n) is 7.79. The SMILES string of the molecule is CCC1CCC(CNC(C)(C)C)(OCCOC)CC1. The van der Waals surface area contributed by atoms with Gasteiger partial charge in [0.2, 0.25) is 0 Å². The first-order chi connectivity index (χ1) is 8.91. The minimum absolute atomic E-state index is 0.0253. The van der Waals surface area contributed by atoms with Gasteiger partial charge in [-0.1, -0.05) is 13.3 Å². The summed E-state index contributed by atoms with van der Waals surface area (Å²) in [6.45, 7) is 11.3. The molecule has 0 heterocycles. The van der Waals surface area contributed by atoms with Gasteiger partial charge < -0.3 is 14.8 Å². The molecular formula is C16H33NO2. The molecule has 19 heavy (non-hydrogen) atoms. The molecule has 1 aliphatic carbocycles. The van der Waals surface area contributed by atoms with Crippen molar-refractivity contribution in [3.63, 3.8) is 0 Å². The molecule has 114 valence electrons. The highest BCUT2D eigenvalue weighted by atomic mass is 16.5. The van der Waals surface area contributed by atoms with E-state index in [2.05, 4.69) is 33.0 Å². The van der Waals surface area contributed by atoms with Gasteiger partial charge in [0, 0.05) is 19.2 Å². The summed E-state index contributed by atoms with van der Waals surface area (Å²) in [6.07, 6.45) is 6.27. The molecule has 0 aromatic carbocycles. The maximum absolute atomic E-state index is 6.21. The molecule has 1 fully saturated rings. The summed E-state index contributed by atoms with van der Waals surface area (Å²) in [5.41, 5.74) is 0.177. The number of ether oxygens (including phenoxy) is 2. The zero-order valence-electron chi connectivity index (χ0n) is 13.6. The standard InChI is InChI=1S/C16H33NO2/c1-6-14-7-9-16(10-8-14,19-12-11-18-5)13-17-15(2,3)4/h14,17H,6-13H2,1-5H3. The summed E-state index contributed by atoms with van der Waals surface area (Å²) in [4.78, 5) is 0. The van der Waals surface area contributed by atoms with Crippen LogP contribution >= 0.6 is 0 Å². The lowest BCUT2D eigenvalue weighted by Gasteiger charge is -2.41. The van der Waals surface area contributed by atoms with E-state index < -0.39 is 0 Å². The summed E-state index contributed by atoms with van der Waals surface area (Å²) in [5, 5.41) is 3.63. The van der Waals surface area contributed by atoms with Gasteiger partial charge in [-0.25, -0.2) is 0 Å². The molecular weight excluding hydrogens is 238 g/mol. The Kier molecular flexibility index (Phi) is 6.78. The van der Waals surface area contributed by atoms with Crippen molar-refractivity contribution in [1.29, 1.82) is 0 Å². The number of nitrogens with one attached hydrogen (secondary N) is 1. The second-order valence-corrected chi connectivity index (χ2v) is 6.98. The molecule has 0 spiro atoms. The molecule has 1 aliphatic rings. The zero-order valence-corrected chi connectivity index (χ0v) is 13.6. The molecule has 3 nitrogen and oxygen atoms in total. The fourth-order valence-electron chi connectivity index (χ4n) is 2.75. The monoisotopic (exact) mass is 271 g/mol. The Morgan fingerprint density at radius 1 is 1.16 bits per heavy atom. The van der Waals surface area contributed by atoms with Gasteiger partial charge in [0.25, 0.3) is 0 Å². The minimum atomic E-state index is 0.0253. The quantitative estimate of drug-likeness (QED) is 0.720. The molecule has 0 bridgehead atoms. The average Bonchev–Trinajstić information content (AvgIpc) is 2.37. The molecule has 0 radical (unpaired) electrons. The lowest BCUT2D eigenvalue weighted by atomic mass is 9.77. The average molecular weight is 271 g/mol. The third kappa shape index (κ3) is 6.24. The molecule has 0 aromatic rings. The normalized spacial score (nSPS) is 28.6. The molecule has 1 N–H and O–H groups in total. The lowest BCUT2D eigenvalue weighted by molar-refractivity contribution is -0.0916. The van der Waals surface area contributed by atoms with Crippen LogP contribution in [0.5, 0.6) is 0 Å². The Morgan fingerprint density at radius 3 is 2.26 bits per heavy atom. The highest BCUT2D eigenvalue weighted by Crippen LogP contribution is 2.36. The number of methoxy groups -OCH3 is 1. The molecule has 0 aromatic heterocycles. The van der Waals surface area contributed by atoms with E-state index in [-0.39, 0.29) is 11.1 Å². The second-order valence-electron chi connectivity index (χ2n) is 6.98. The molecule has 0 saturated heterocycles. The van der Waals surface area contributed by atoms with E-state index in [1.165, 1.54) is 32.1 Å². The van der Waals surface area contributed by atoms with Gasteiger partial charge in [0.15, 0.2) is 0 Å². The minimum Gasteiger partial charge on any atom is -0.382 e. The van der Waals surface area contributed by atoms with E-state index in [1.54, 1.807) is 7.11 Å². The molecule has 3 heteroatoms. The van der Waals surface area contributed by atoms with Crippen LogP contribution in [-0.4, -0.2) is 38.0 Å². The highest BCUT2D eigenvalue weighted by molar-refractivity contribution is 4.91. The van der Waals surface area contributed by atoms with Gasteiger partial charge in [0.05, 0.1) is 18.8 Å². The summed E-state index contributed by atoms with van der Waals surface area (Å²) < 4.78 is 11.3. The van der Waals surface area contributed by atoms with Gasteiger partial charge in [-0.3, -0.25) is 0 Å². The Bertz CT molecular complexity index is 234. The van der Waals surface area contributed by atoms with Gasteiger partial charge in [-0.15, -0.1) is 0 Å². The molecule has 0 unspecified atom stereocenters. The van der Waals surface area contributed by atoms with Crippen LogP contribution in [-0.2, 0) is 9.47 Å². The summed E-state index contributed by atoms with van der Waals surface area (Å²) in [5.74, 6) is 0.897. The van der Waals surface area contributed by atoms with Crippen LogP contribution in [0, 0.1) is 5.92 Å². The maximum Gasteiger partial charge on any atom is 0.0807 e. The first-order valence-corrected chi connectivity index (χ1v) is 7.79. The van der Waals surface area contributed by atoms with Crippen molar-refractivity contribution in [2.45, 2.75) is 70.9 Å². The van der Waals surface area contributed by atoms with Crippen molar-refractivity contribution in [3.8, 4) is 0 Å². The van der Waals surface area contributed by atoms with E-state index in [1.807, 2.05) is 0 Å². The van der Waals surface area contributed by atoms with Gasteiger partial charge in [0.1, 0.15) is 0 Å². The van der Waals surface area contributed by atoms with Crippen LogP contribution in [0.4, 0.5) is 0 Å². The van der Waals surface area contributed by atoms with Crippen LogP contribution in [0.1, 0.15) is 59.8 Å². The van der Waals surface area contributed by atoms with E-state index in [9.17, 15) is 0 Å².